The van der Waals surface area contributed by atoms with Gasteiger partial charge in [-0.05, 0) is 42.5 Å². The van der Waals surface area contributed by atoms with Gasteiger partial charge in [0.2, 0.25) is 5.91 Å². The van der Waals surface area contributed by atoms with E-state index >= 15 is 0 Å². The van der Waals surface area contributed by atoms with Crippen LogP contribution in [0.1, 0.15) is 5.56 Å². The molecule has 0 fully saturated rings. The van der Waals surface area contributed by atoms with E-state index in [0.29, 0.717) is 10.4 Å². The van der Waals surface area contributed by atoms with Gasteiger partial charge in [0.05, 0.1) is 26.1 Å². The van der Waals surface area contributed by atoms with E-state index in [4.69, 9.17) is 11.6 Å². The van der Waals surface area contributed by atoms with Gasteiger partial charge < -0.3 is 5.32 Å². The molecule has 13 heteroatoms. The summed E-state index contributed by atoms with van der Waals surface area (Å²) in [6.45, 7) is -0.820. The summed E-state index contributed by atoms with van der Waals surface area (Å²) in [5.41, 5.74) is -1.78. The number of hydrogen-bond donors (Lipinski definition) is 1. The van der Waals surface area contributed by atoms with Crippen molar-refractivity contribution in [3.8, 4) is 0 Å². The van der Waals surface area contributed by atoms with Gasteiger partial charge in [-0.3, -0.25) is 19.2 Å². The summed E-state index contributed by atoms with van der Waals surface area (Å²) < 4.78 is 66.4. The highest BCUT2D eigenvalue weighted by molar-refractivity contribution is 7.92. The third kappa shape index (κ3) is 5.64. The number of rotatable bonds is 7. The molecule has 34 heavy (non-hydrogen) atoms. The Hall–Kier alpha value is -3.64. The maximum atomic E-state index is 13.2. The number of halogens is 4. The molecule has 0 atom stereocenters. The summed E-state index contributed by atoms with van der Waals surface area (Å²) in [5, 5.41) is 12.6. The number of nitro groups is 1. The number of hydrogen-bond acceptors (Lipinski definition) is 5. The summed E-state index contributed by atoms with van der Waals surface area (Å²) >= 11 is 5.58. The number of anilines is 2. The van der Waals surface area contributed by atoms with Crippen LogP contribution in [-0.2, 0) is 21.0 Å². The van der Waals surface area contributed by atoms with Crippen molar-refractivity contribution in [3.63, 3.8) is 0 Å². The molecule has 0 aliphatic heterocycles. The normalized spacial score (nSPS) is 11.6. The lowest BCUT2D eigenvalue weighted by atomic mass is 10.2. The summed E-state index contributed by atoms with van der Waals surface area (Å²) in [6.07, 6.45) is -4.76. The molecule has 0 radical (unpaired) electrons. The summed E-state index contributed by atoms with van der Waals surface area (Å²) in [5.74, 6) is -0.951. The molecule has 178 valence electrons. The first-order valence-electron chi connectivity index (χ1n) is 9.38. The third-order valence-corrected chi connectivity index (χ3v) is 6.64. The minimum atomic E-state index is -4.76. The molecule has 0 spiro atoms. The molecule has 0 unspecified atom stereocenters. The standard InChI is InChI=1S/C21H15ClF3N3O5S/c22-19-11-6-14(12-18(19)21(23,24)25)26-20(29)13-27(15-7-9-16(10-8-15)28(30)31)34(32,33)17-4-2-1-3-5-17/h1-12H,13H2,(H,26,29). The van der Waals surface area contributed by atoms with E-state index < -0.39 is 44.2 Å². The van der Waals surface area contributed by atoms with Crippen LogP contribution >= 0.6 is 11.6 Å². The zero-order chi connectivity index (χ0) is 25.1. The van der Waals surface area contributed by atoms with Gasteiger partial charge in [-0.25, -0.2) is 8.42 Å². The van der Waals surface area contributed by atoms with Crippen LogP contribution in [0, 0.1) is 10.1 Å². The molecule has 0 heterocycles. The lowest BCUT2D eigenvalue weighted by Crippen LogP contribution is -2.38. The Labute approximate surface area is 196 Å². The van der Waals surface area contributed by atoms with Gasteiger partial charge >= 0.3 is 6.18 Å². The second-order valence-electron chi connectivity index (χ2n) is 6.84. The minimum absolute atomic E-state index is 0.0586. The topological polar surface area (TPSA) is 110 Å². The van der Waals surface area contributed by atoms with Gasteiger partial charge in [0, 0.05) is 17.8 Å². The zero-order valence-corrected chi connectivity index (χ0v) is 18.6. The van der Waals surface area contributed by atoms with E-state index in [1.165, 1.54) is 24.3 Å². The quantitative estimate of drug-likeness (QED) is 0.349. The van der Waals surface area contributed by atoms with Crippen LogP contribution in [-0.4, -0.2) is 25.8 Å². The number of carbonyl (C=O) groups is 1. The van der Waals surface area contributed by atoms with Crippen molar-refractivity contribution in [1.29, 1.82) is 0 Å². The second kappa shape index (κ2) is 9.69. The fraction of sp³-hybridized carbons (Fsp3) is 0.0952. The molecule has 0 saturated carbocycles. The molecule has 1 N–H and O–H groups in total. The van der Waals surface area contributed by atoms with Crippen LogP contribution in [0.25, 0.3) is 0 Å². The monoisotopic (exact) mass is 513 g/mol. The highest BCUT2D eigenvalue weighted by Crippen LogP contribution is 2.36. The van der Waals surface area contributed by atoms with E-state index in [0.717, 1.165) is 36.4 Å². The maximum absolute atomic E-state index is 13.2. The van der Waals surface area contributed by atoms with E-state index in [9.17, 15) is 36.5 Å². The molecule has 0 saturated heterocycles. The second-order valence-corrected chi connectivity index (χ2v) is 9.11. The molecular formula is C21H15ClF3N3O5S. The number of benzene rings is 3. The number of sulfonamides is 1. The van der Waals surface area contributed by atoms with Crippen molar-refractivity contribution < 1.29 is 31.3 Å². The molecule has 3 aromatic rings. The summed E-state index contributed by atoms with van der Waals surface area (Å²) in [6, 6.07) is 14.2. The van der Waals surface area contributed by atoms with Gasteiger partial charge in [0.1, 0.15) is 6.54 Å². The van der Waals surface area contributed by atoms with Crippen LogP contribution in [0.15, 0.2) is 77.7 Å². The first kappa shape index (κ1) is 25.0. The predicted molar refractivity (Wildman–Crippen MR) is 119 cm³/mol. The van der Waals surface area contributed by atoms with E-state index in [2.05, 4.69) is 5.32 Å². The third-order valence-electron chi connectivity index (χ3n) is 4.52. The number of nitro benzene ring substituents is 1. The highest BCUT2D eigenvalue weighted by atomic mass is 35.5. The molecule has 0 aromatic heterocycles. The molecular weight excluding hydrogens is 499 g/mol. The van der Waals surface area contributed by atoms with Crippen molar-refractivity contribution >= 4 is 44.6 Å². The Morgan fingerprint density at radius 1 is 1.03 bits per heavy atom. The Morgan fingerprint density at radius 2 is 1.65 bits per heavy atom. The molecule has 3 rings (SSSR count). The summed E-state index contributed by atoms with van der Waals surface area (Å²) in [4.78, 5) is 22.7. The fourth-order valence-corrected chi connectivity index (χ4v) is 4.59. The van der Waals surface area contributed by atoms with Crippen molar-refractivity contribution in [1.82, 2.24) is 0 Å². The SMILES string of the molecule is O=C(CN(c1ccc([N+](=O)[O-])cc1)S(=O)(=O)c1ccccc1)Nc1ccc(Cl)c(C(F)(F)F)c1. The fourth-order valence-electron chi connectivity index (χ4n) is 2.93. The average Bonchev–Trinajstić information content (AvgIpc) is 2.78. The van der Waals surface area contributed by atoms with E-state index in [-0.39, 0.29) is 22.0 Å². The minimum Gasteiger partial charge on any atom is -0.324 e. The Kier molecular flexibility index (Phi) is 7.12. The number of carbonyl (C=O) groups excluding carboxylic acids is 1. The number of alkyl halides is 3. The van der Waals surface area contributed by atoms with Gasteiger partial charge in [0.25, 0.3) is 15.7 Å². The molecule has 3 aromatic carbocycles. The van der Waals surface area contributed by atoms with Crippen molar-refractivity contribution in [2.75, 3.05) is 16.2 Å². The lowest BCUT2D eigenvalue weighted by Gasteiger charge is -2.24. The Balaban J connectivity index is 1.94. The van der Waals surface area contributed by atoms with Crippen molar-refractivity contribution in [2.45, 2.75) is 11.1 Å². The average molecular weight is 514 g/mol. The van der Waals surface area contributed by atoms with Crippen molar-refractivity contribution in [2.24, 2.45) is 0 Å². The lowest BCUT2D eigenvalue weighted by molar-refractivity contribution is -0.384. The molecule has 0 aliphatic rings. The smallest absolute Gasteiger partial charge is 0.324 e. The molecule has 0 aliphatic carbocycles. The first-order valence-corrected chi connectivity index (χ1v) is 11.2. The van der Waals surface area contributed by atoms with Gasteiger partial charge in [-0.2, -0.15) is 13.2 Å². The van der Waals surface area contributed by atoms with Crippen LogP contribution in [0.3, 0.4) is 0 Å². The molecule has 1 amide bonds. The number of nitrogens with one attached hydrogen (secondary N) is 1. The molecule has 8 nitrogen and oxygen atoms in total. The van der Waals surface area contributed by atoms with Crippen LogP contribution in [0.4, 0.5) is 30.2 Å². The Morgan fingerprint density at radius 3 is 2.21 bits per heavy atom. The van der Waals surface area contributed by atoms with Crippen molar-refractivity contribution in [3.05, 3.63) is 93.5 Å². The highest BCUT2D eigenvalue weighted by Gasteiger charge is 2.34. The Bertz CT molecular complexity index is 1320. The largest absolute Gasteiger partial charge is 0.417 e. The number of non-ortho nitro benzene ring substituents is 1. The number of amides is 1. The van der Waals surface area contributed by atoms with Gasteiger partial charge in [0.15, 0.2) is 0 Å². The predicted octanol–water partition coefficient (Wildman–Crippen LogP) is 5.10. The van der Waals surface area contributed by atoms with Gasteiger partial charge in [-0.15, -0.1) is 0 Å². The van der Waals surface area contributed by atoms with Gasteiger partial charge in [-0.1, -0.05) is 29.8 Å². The first-order chi connectivity index (χ1) is 15.9. The summed E-state index contributed by atoms with van der Waals surface area (Å²) in [7, 11) is -4.31. The van der Waals surface area contributed by atoms with E-state index in [1.807, 2.05) is 0 Å². The number of nitrogens with zero attached hydrogens (tertiary/aromatic N) is 2. The molecule has 0 bridgehead atoms. The zero-order valence-electron chi connectivity index (χ0n) is 17.0. The van der Waals surface area contributed by atoms with Crippen LogP contribution < -0.4 is 9.62 Å². The maximum Gasteiger partial charge on any atom is 0.417 e. The van der Waals surface area contributed by atoms with E-state index in [1.54, 1.807) is 6.07 Å². The van der Waals surface area contributed by atoms with Crippen LogP contribution in [0.5, 0.6) is 0 Å². The van der Waals surface area contributed by atoms with Crippen LogP contribution in [0.2, 0.25) is 5.02 Å².